The highest BCUT2D eigenvalue weighted by Gasteiger charge is 2.42. The summed E-state index contributed by atoms with van der Waals surface area (Å²) in [6.07, 6.45) is 5.57. The van der Waals surface area contributed by atoms with Gasteiger partial charge in [0.2, 0.25) is 5.91 Å². The number of hydrogen-bond acceptors (Lipinski definition) is 1. The summed E-state index contributed by atoms with van der Waals surface area (Å²) in [6.45, 7) is 0. The van der Waals surface area contributed by atoms with Crippen LogP contribution in [-0.2, 0) is 11.2 Å². The average Bonchev–Trinajstić information content (AvgIpc) is 2.80. The van der Waals surface area contributed by atoms with Crippen LogP contribution >= 0.6 is 15.9 Å². The Labute approximate surface area is 121 Å². The van der Waals surface area contributed by atoms with E-state index in [0.717, 1.165) is 24.8 Å². The number of rotatable bonds is 0. The number of carbonyl (C=O) groups is 1. The molecule has 0 bridgehead atoms. The minimum atomic E-state index is 0.184. The first kappa shape index (κ1) is 11.7. The van der Waals surface area contributed by atoms with Crippen molar-refractivity contribution in [2.75, 3.05) is 0 Å². The molecule has 1 N–H and O–H groups in total. The van der Waals surface area contributed by atoms with E-state index in [2.05, 4.69) is 39.4 Å². The van der Waals surface area contributed by atoms with Gasteiger partial charge in [-0.15, -0.1) is 0 Å². The number of carbonyl (C=O) groups excluding carboxylic acids is 1. The lowest BCUT2D eigenvalue weighted by atomic mass is 9.78. The minimum absolute atomic E-state index is 0.184. The molecule has 2 atom stereocenters. The van der Waals surface area contributed by atoms with Crippen molar-refractivity contribution in [2.24, 2.45) is 5.92 Å². The van der Waals surface area contributed by atoms with Gasteiger partial charge in [0, 0.05) is 16.0 Å². The molecule has 0 saturated carbocycles. The summed E-state index contributed by atoms with van der Waals surface area (Å²) in [7, 11) is 0. The highest BCUT2D eigenvalue weighted by atomic mass is 79.9. The molecule has 4 rings (SSSR count). The number of halogens is 1. The molecule has 1 aromatic rings. The fraction of sp³-hybridized carbons (Fsp3) is 0.438. The largest absolute Gasteiger partial charge is 0.345 e. The van der Waals surface area contributed by atoms with Gasteiger partial charge in [0.1, 0.15) is 0 Å². The number of benzene rings is 1. The van der Waals surface area contributed by atoms with Crippen LogP contribution in [0.4, 0.5) is 0 Å². The second-order valence-corrected chi connectivity index (χ2v) is 6.63. The molecule has 0 radical (unpaired) electrons. The lowest BCUT2D eigenvalue weighted by Crippen LogP contribution is -2.39. The van der Waals surface area contributed by atoms with E-state index in [1.165, 1.54) is 34.0 Å². The molecule has 98 valence electrons. The fourth-order valence-electron chi connectivity index (χ4n) is 3.96. The Bertz CT molecular complexity index is 605. The van der Waals surface area contributed by atoms with Crippen molar-refractivity contribution in [3.63, 3.8) is 0 Å². The third kappa shape index (κ3) is 1.64. The monoisotopic (exact) mass is 317 g/mol. The quantitative estimate of drug-likeness (QED) is 0.777. The molecule has 2 aliphatic carbocycles. The van der Waals surface area contributed by atoms with E-state index in [9.17, 15) is 4.79 Å². The summed E-state index contributed by atoms with van der Waals surface area (Å²) in [5.41, 5.74) is 5.24. The molecule has 0 saturated heterocycles. The van der Waals surface area contributed by atoms with Gasteiger partial charge in [-0.25, -0.2) is 0 Å². The summed E-state index contributed by atoms with van der Waals surface area (Å²) in [4.78, 5) is 12.3. The van der Waals surface area contributed by atoms with Crippen LogP contribution in [0.3, 0.4) is 0 Å². The molecular weight excluding hydrogens is 302 g/mol. The van der Waals surface area contributed by atoms with Crippen molar-refractivity contribution in [3.8, 4) is 0 Å². The first-order valence-corrected chi connectivity index (χ1v) is 7.85. The Morgan fingerprint density at radius 2 is 2.05 bits per heavy atom. The van der Waals surface area contributed by atoms with Gasteiger partial charge in [0.15, 0.2) is 0 Å². The van der Waals surface area contributed by atoms with Crippen molar-refractivity contribution in [3.05, 3.63) is 44.9 Å². The highest BCUT2D eigenvalue weighted by molar-refractivity contribution is 9.10. The van der Waals surface area contributed by atoms with Crippen molar-refractivity contribution in [1.82, 2.24) is 5.32 Å². The van der Waals surface area contributed by atoms with E-state index in [1.54, 1.807) is 0 Å². The Balaban J connectivity index is 1.83. The summed E-state index contributed by atoms with van der Waals surface area (Å²) < 4.78 is 1.19. The molecule has 1 heterocycles. The zero-order valence-electron chi connectivity index (χ0n) is 10.7. The van der Waals surface area contributed by atoms with Gasteiger partial charge in [-0.1, -0.05) is 33.6 Å². The van der Waals surface area contributed by atoms with Crippen LogP contribution in [0.15, 0.2) is 33.8 Å². The average molecular weight is 318 g/mol. The van der Waals surface area contributed by atoms with Crippen LogP contribution in [0, 0.1) is 5.92 Å². The molecule has 1 amide bonds. The maximum atomic E-state index is 12.3. The molecule has 0 aromatic heterocycles. The predicted molar refractivity (Wildman–Crippen MR) is 77.7 cm³/mol. The smallest absolute Gasteiger partial charge is 0.247 e. The van der Waals surface area contributed by atoms with Crippen LogP contribution in [0.25, 0.3) is 0 Å². The fourth-order valence-corrected chi connectivity index (χ4v) is 4.51. The van der Waals surface area contributed by atoms with Crippen molar-refractivity contribution in [2.45, 2.75) is 38.1 Å². The molecule has 0 spiro atoms. The highest BCUT2D eigenvalue weighted by Crippen LogP contribution is 2.48. The van der Waals surface area contributed by atoms with E-state index < -0.39 is 0 Å². The third-order valence-electron chi connectivity index (χ3n) is 4.84. The second kappa shape index (κ2) is 4.20. The SMILES string of the molecule is O=C1NC2c3cccc(Br)c3CC2C2=C1CCCC2. The Hall–Kier alpha value is -1.09. The van der Waals surface area contributed by atoms with Gasteiger partial charge in [-0.05, 0) is 49.3 Å². The molecule has 1 aliphatic heterocycles. The number of fused-ring (bicyclic) bond motifs is 4. The maximum absolute atomic E-state index is 12.3. The zero-order chi connectivity index (χ0) is 13.0. The van der Waals surface area contributed by atoms with Gasteiger partial charge in [0.25, 0.3) is 0 Å². The molecule has 0 fully saturated rings. The summed E-state index contributed by atoms with van der Waals surface area (Å²) in [5.74, 6) is 0.686. The standard InChI is InChI=1S/C16H16BrNO/c17-14-7-3-6-10-12(14)8-13-9-4-1-2-5-11(9)16(19)18-15(10)13/h3,6-7,13,15H,1-2,4-5,8H2,(H,18,19). The van der Waals surface area contributed by atoms with Gasteiger partial charge < -0.3 is 5.32 Å². The number of amides is 1. The second-order valence-electron chi connectivity index (χ2n) is 5.78. The van der Waals surface area contributed by atoms with Gasteiger partial charge in [-0.3, -0.25) is 4.79 Å². The lowest BCUT2D eigenvalue weighted by molar-refractivity contribution is -0.119. The summed E-state index contributed by atoms with van der Waals surface area (Å²) >= 11 is 3.66. The molecule has 3 aliphatic rings. The normalized spacial score (nSPS) is 28.6. The molecule has 1 aromatic carbocycles. The molecule has 3 heteroatoms. The van der Waals surface area contributed by atoms with Crippen molar-refractivity contribution >= 4 is 21.8 Å². The van der Waals surface area contributed by atoms with Gasteiger partial charge in [-0.2, -0.15) is 0 Å². The zero-order valence-corrected chi connectivity index (χ0v) is 12.3. The predicted octanol–water partition coefficient (Wildman–Crippen LogP) is 3.66. The maximum Gasteiger partial charge on any atom is 0.247 e. The van der Waals surface area contributed by atoms with E-state index in [0.29, 0.717) is 5.92 Å². The van der Waals surface area contributed by atoms with E-state index >= 15 is 0 Å². The summed E-state index contributed by atoms with van der Waals surface area (Å²) in [6, 6.07) is 6.55. The van der Waals surface area contributed by atoms with Crippen molar-refractivity contribution in [1.29, 1.82) is 0 Å². The van der Waals surface area contributed by atoms with Crippen LogP contribution in [0.2, 0.25) is 0 Å². The van der Waals surface area contributed by atoms with Crippen molar-refractivity contribution < 1.29 is 4.79 Å². The van der Waals surface area contributed by atoms with Gasteiger partial charge >= 0.3 is 0 Å². The van der Waals surface area contributed by atoms with Crippen LogP contribution in [-0.4, -0.2) is 5.91 Å². The van der Waals surface area contributed by atoms with Crippen LogP contribution in [0.5, 0.6) is 0 Å². The first-order valence-electron chi connectivity index (χ1n) is 7.06. The Morgan fingerprint density at radius 1 is 1.21 bits per heavy atom. The molecular formula is C16H16BrNO. The first-order chi connectivity index (χ1) is 9.25. The van der Waals surface area contributed by atoms with E-state index in [1.807, 2.05) is 0 Å². The Kier molecular flexibility index (Phi) is 2.59. The molecule has 2 nitrogen and oxygen atoms in total. The topological polar surface area (TPSA) is 29.1 Å². The number of hydrogen-bond donors (Lipinski definition) is 1. The summed E-state index contributed by atoms with van der Waals surface area (Å²) in [5, 5.41) is 3.24. The third-order valence-corrected chi connectivity index (χ3v) is 5.58. The number of nitrogens with one attached hydrogen (secondary N) is 1. The Morgan fingerprint density at radius 3 is 2.95 bits per heavy atom. The van der Waals surface area contributed by atoms with Crippen LogP contribution in [0.1, 0.15) is 42.9 Å². The molecule has 2 unspecified atom stereocenters. The van der Waals surface area contributed by atoms with E-state index in [4.69, 9.17) is 0 Å². The lowest BCUT2D eigenvalue weighted by Gasteiger charge is -2.34. The van der Waals surface area contributed by atoms with Gasteiger partial charge in [0.05, 0.1) is 6.04 Å². The molecule has 19 heavy (non-hydrogen) atoms. The minimum Gasteiger partial charge on any atom is -0.345 e. The van der Waals surface area contributed by atoms with Crippen LogP contribution < -0.4 is 5.32 Å². The van der Waals surface area contributed by atoms with E-state index in [-0.39, 0.29) is 11.9 Å².